The van der Waals surface area contributed by atoms with Crippen molar-refractivity contribution >= 4 is 33.3 Å². The monoisotopic (exact) mass is 1670 g/mol. The summed E-state index contributed by atoms with van der Waals surface area (Å²) in [5.41, 5.74) is -0.417. The van der Waals surface area contributed by atoms with E-state index in [4.69, 9.17) is 0 Å². The Kier molecular flexibility index (Phi) is 25.3. The predicted molar refractivity (Wildman–Crippen MR) is 470 cm³/mol. The van der Waals surface area contributed by atoms with E-state index in [1.807, 2.05) is 48.5 Å². The van der Waals surface area contributed by atoms with Crippen LogP contribution in [-0.4, -0.2) is 98.6 Å². The molecule has 0 saturated heterocycles. The maximum Gasteiger partial charge on any atom is 0.147 e. The van der Waals surface area contributed by atoms with Crippen LogP contribution in [0, 0.1) is 205 Å². The molecular formula is C105H173BrO10. The zero-order valence-electron chi connectivity index (χ0n) is 76.2. The van der Waals surface area contributed by atoms with Crippen LogP contribution in [-0.2, 0) is 14.4 Å². The molecule has 20 saturated carbocycles. The van der Waals surface area contributed by atoms with Gasteiger partial charge >= 0.3 is 0 Å². The standard InChI is InChI=1S/C21H33BrO2.2C21H36O2.2C21H34O2/c1-20(24)9-7-14-13(11-20)3-4-16-15(14)8-10-21(2)17(16)5-6-18(21)19(23)12-22;4*1-13(22)18-6-7-19-17-5-4-14-12-20(2,23)10-8-15(14)16(17)9-11-21(18,19)3/h13-18,24H,3-12H2,1-2H3;2*13-19,22-23H,4-12H2,1-3H3;2*14-19,23H,4-12H2,1-3H3/t13-,14+,15-,16-,17+,18-,20+,21+;13?,14-,15+,16-,17-,18-,19+,20+,21-;13?,14-,15+,16-,17-,18-,19+,20-,21-;14-,15+,16-,17-,18-,19+,20+,21-;14-,15+,16-,17-,18-,19+,20-,21-/m11111/s1. The topological polar surface area (TPSA) is 193 Å². The lowest BCUT2D eigenvalue weighted by atomic mass is 9.49. The molecule has 0 radical (unpaired) electrons. The maximum atomic E-state index is 12.5. The molecule has 0 bridgehead atoms. The molecule has 10 nitrogen and oxygen atoms in total. The van der Waals surface area contributed by atoms with Crippen LogP contribution in [0.3, 0.4) is 0 Å². The molecule has 116 heavy (non-hydrogen) atoms. The third-order valence-electron chi connectivity index (χ3n) is 44.0. The molecule has 7 N–H and O–H groups in total. The number of hydrogen-bond acceptors (Lipinski definition) is 10. The number of halogens is 1. The molecule has 20 rings (SSSR count). The number of Topliss-reactive ketones (excluding diaryl/α,β-unsaturated/α-hetero) is 3. The van der Waals surface area contributed by atoms with Crippen LogP contribution < -0.4 is 0 Å². The highest BCUT2D eigenvalue weighted by molar-refractivity contribution is 9.09. The summed E-state index contributed by atoms with van der Waals surface area (Å²) >= 11 is 3.42. The molecule has 0 aromatic rings. The number of fused-ring (bicyclic) bond motifs is 25. The number of hydrogen-bond donors (Lipinski definition) is 7. The lowest BCUT2D eigenvalue weighted by molar-refractivity contribution is -0.130. The van der Waals surface area contributed by atoms with Gasteiger partial charge in [-0.15, -0.1) is 0 Å². The Labute approximate surface area is 715 Å². The highest BCUT2D eigenvalue weighted by Gasteiger charge is 2.65. The third-order valence-corrected chi connectivity index (χ3v) is 44.6. The predicted octanol–water partition coefficient (Wildman–Crippen LogP) is 22.9. The van der Waals surface area contributed by atoms with Crippen molar-refractivity contribution < 1.29 is 50.1 Å². The highest BCUT2D eigenvalue weighted by Crippen LogP contribution is 2.72. The number of aliphatic hydroxyl groups is 7. The summed E-state index contributed by atoms with van der Waals surface area (Å²) in [4.78, 5) is 36.7. The van der Waals surface area contributed by atoms with Gasteiger partial charge in [-0.3, -0.25) is 14.4 Å². The first kappa shape index (κ1) is 88.6. The SMILES string of the molecule is CC(=O)[C@H]1CC[C@H]2[C@@H]3CC[C@@H]4C[C@@](C)(O)CC[C@@H]4[C@H]3CC[C@]12C.CC(=O)[C@H]1CC[C@H]2[C@@H]3CC[C@@H]4C[C@](C)(O)CC[C@@H]4[C@H]3CC[C@]12C.CC(O)[C@H]1CC[C@H]2[C@@H]3CC[C@@H]4C[C@@](C)(O)CC[C@@H]4[C@H]3CC[C@]12C.CC(O)[C@H]1CC[C@H]2[C@@H]3CC[C@@H]4C[C@](C)(O)CC[C@@H]4[C@H]3CC[C@]12C.C[C@]1(O)CC[C@H]2[C@H](CC[C@@H]3[C@@H]2CC[C@]2(C)[C@@H](C(=O)CBr)CC[C@@H]32)C1. The molecule has 2 unspecified atom stereocenters. The average molecular weight is 1680 g/mol. The summed E-state index contributed by atoms with van der Waals surface area (Å²) in [6.45, 7) is 30.2. The summed E-state index contributed by atoms with van der Waals surface area (Å²) in [7, 11) is 0. The molecule has 0 aliphatic heterocycles. The number of carbonyl (C=O) groups excluding carboxylic acids is 3. The van der Waals surface area contributed by atoms with Gasteiger partial charge in [-0.05, 0) is 538 Å². The van der Waals surface area contributed by atoms with Gasteiger partial charge in [0.05, 0.1) is 45.5 Å². The normalized spacial score (nSPS) is 55.9. The molecule has 0 aromatic heterocycles. The van der Waals surface area contributed by atoms with Crippen molar-refractivity contribution in [1.29, 1.82) is 0 Å². The van der Waals surface area contributed by atoms with E-state index in [0.717, 1.165) is 231 Å². The minimum atomic E-state index is -0.419. The third kappa shape index (κ3) is 16.2. The zero-order chi connectivity index (χ0) is 82.7. The van der Waals surface area contributed by atoms with E-state index in [0.29, 0.717) is 73.9 Å². The van der Waals surface area contributed by atoms with Gasteiger partial charge < -0.3 is 35.7 Å². The number of aliphatic hydroxyl groups excluding tert-OH is 2. The van der Waals surface area contributed by atoms with Gasteiger partial charge in [-0.25, -0.2) is 0 Å². The largest absolute Gasteiger partial charge is 0.393 e. The second-order valence-corrected chi connectivity index (χ2v) is 50.7. The van der Waals surface area contributed by atoms with Gasteiger partial charge in [0, 0.05) is 17.8 Å². The Hall–Kier alpha value is -0.790. The molecular weight excluding hydrogens is 1500 g/mol. The van der Waals surface area contributed by atoms with Crippen molar-refractivity contribution in [2.24, 2.45) is 205 Å². The van der Waals surface area contributed by atoms with Gasteiger partial charge in [0.25, 0.3) is 0 Å². The lowest BCUT2D eigenvalue weighted by Gasteiger charge is -2.57. The minimum absolute atomic E-state index is 0.136. The smallest absolute Gasteiger partial charge is 0.147 e. The van der Waals surface area contributed by atoms with Crippen LogP contribution in [0.25, 0.3) is 0 Å². The molecule has 20 aliphatic rings. The van der Waals surface area contributed by atoms with E-state index in [9.17, 15) is 50.1 Å². The fourth-order valence-electron chi connectivity index (χ4n) is 39.0. The van der Waals surface area contributed by atoms with Gasteiger partial charge in [0.15, 0.2) is 0 Å². The Balaban J connectivity index is 0.000000109. The molecule has 20 fully saturated rings. The number of alkyl halides is 1. The van der Waals surface area contributed by atoms with E-state index < -0.39 is 28.0 Å². The molecule has 660 valence electrons. The molecule has 0 spiro atoms. The van der Waals surface area contributed by atoms with Crippen LogP contribution >= 0.6 is 15.9 Å². The van der Waals surface area contributed by atoms with Crippen LogP contribution in [0.5, 0.6) is 0 Å². The van der Waals surface area contributed by atoms with E-state index in [1.165, 1.54) is 205 Å². The molecule has 0 amide bonds. The first-order valence-corrected chi connectivity index (χ1v) is 51.8. The highest BCUT2D eigenvalue weighted by atomic mass is 79.9. The van der Waals surface area contributed by atoms with Crippen molar-refractivity contribution in [2.75, 3.05) is 5.33 Å². The molecule has 11 heteroatoms. The van der Waals surface area contributed by atoms with Crippen molar-refractivity contribution in [1.82, 2.24) is 0 Å². The van der Waals surface area contributed by atoms with Gasteiger partial charge in [-0.2, -0.15) is 0 Å². The molecule has 42 atom stereocenters. The fraction of sp³-hybridized carbons (Fsp3) is 0.971. The van der Waals surface area contributed by atoms with Gasteiger partial charge in [0.1, 0.15) is 17.3 Å². The van der Waals surface area contributed by atoms with E-state index in [2.05, 4.69) is 64.4 Å². The number of ketones is 3. The summed E-state index contributed by atoms with van der Waals surface area (Å²) in [5, 5.41) is 73.4. The Morgan fingerprint density at radius 3 is 0.707 bits per heavy atom. The molecule has 0 heterocycles. The lowest BCUT2D eigenvalue weighted by Crippen LogP contribution is -2.51. The van der Waals surface area contributed by atoms with Crippen molar-refractivity contribution in [3.63, 3.8) is 0 Å². The quantitative estimate of drug-likeness (QED) is 0.126. The second kappa shape index (κ2) is 33.1. The Morgan fingerprint density at radius 1 is 0.267 bits per heavy atom. The first-order chi connectivity index (χ1) is 54.6. The first-order valence-electron chi connectivity index (χ1n) is 50.7. The fourth-order valence-corrected chi connectivity index (χ4v) is 39.4. The Morgan fingerprint density at radius 2 is 0.474 bits per heavy atom. The van der Waals surface area contributed by atoms with E-state index in [1.54, 1.807) is 0 Å². The summed E-state index contributed by atoms with van der Waals surface area (Å²) < 4.78 is 0. The van der Waals surface area contributed by atoms with E-state index >= 15 is 0 Å². The van der Waals surface area contributed by atoms with Crippen LogP contribution in [0.2, 0.25) is 0 Å². The number of rotatable bonds is 6. The van der Waals surface area contributed by atoms with Crippen molar-refractivity contribution in [2.45, 2.75) is 426 Å². The van der Waals surface area contributed by atoms with Gasteiger partial charge in [-0.1, -0.05) is 50.5 Å². The number of carbonyl (C=O) groups is 3. The van der Waals surface area contributed by atoms with Crippen LogP contribution in [0.4, 0.5) is 0 Å². The average Bonchev–Trinajstić information content (AvgIpc) is 1.55. The summed E-state index contributed by atoms with van der Waals surface area (Å²) in [5.74, 6) is 24.4. The second-order valence-electron chi connectivity index (χ2n) is 50.2. The van der Waals surface area contributed by atoms with Crippen molar-refractivity contribution in [3.05, 3.63) is 0 Å². The van der Waals surface area contributed by atoms with E-state index in [-0.39, 0.29) is 17.6 Å². The zero-order valence-corrected chi connectivity index (χ0v) is 77.8. The van der Waals surface area contributed by atoms with Gasteiger partial charge in [0.2, 0.25) is 0 Å². The Bertz CT molecular complexity index is 3270. The maximum absolute atomic E-state index is 12.5. The molecule has 20 aliphatic carbocycles. The minimum Gasteiger partial charge on any atom is -0.393 e. The molecule has 0 aromatic carbocycles. The summed E-state index contributed by atoms with van der Waals surface area (Å²) in [6.07, 6.45) is 55.2. The van der Waals surface area contributed by atoms with Crippen LogP contribution in [0.1, 0.15) is 386 Å². The van der Waals surface area contributed by atoms with Crippen molar-refractivity contribution in [3.8, 4) is 0 Å². The summed E-state index contributed by atoms with van der Waals surface area (Å²) in [6, 6.07) is 0. The van der Waals surface area contributed by atoms with Crippen LogP contribution in [0.15, 0.2) is 0 Å².